The van der Waals surface area contributed by atoms with Crippen LogP contribution >= 0.6 is 11.8 Å². The molecule has 0 aromatic heterocycles. The molecule has 0 aromatic rings. The van der Waals surface area contributed by atoms with Gasteiger partial charge in [0.1, 0.15) is 5.54 Å². The molecule has 3 unspecified atom stereocenters. The number of thioether (sulfide) groups is 1. The van der Waals surface area contributed by atoms with Crippen molar-refractivity contribution in [1.82, 2.24) is 5.32 Å². The molecule has 6 heteroatoms. The van der Waals surface area contributed by atoms with Crippen LogP contribution in [-0.4, -0.2) is 60.1 Å². The first kappa shape index (κ1) is 16.8. The smallest absolute Gasteiger partial charge is 0.326 e. The Kier molecular flexibility index (Phi) is 7.13. The largest absolute Gasteiger partial charge is 0.468 e. The fourth-order valence-corrected chi connectivity index (χ4v) is 3.84. The molecule has 0 bridgehead atoms. The second-order valence-electron chi connectivity index (χ2n) is 5.00. The molecule has 3 atom stereocenters. The normalized spacial score (nSPS) is 28.3. The lowest BCUT2D eigenvalue weighted by molar-refractivity contribution is -0.150. The molecule has 1 saturated carbocycles. The van der Waals surface area contributed by atoms with Crippen LogP contribution in [0.3, 0.4) is 0 Å². The van der Waals surface area contributed by atoms with Gasteiger partial charge >= 0.3 is 5.97 Å². The van der Waals surface area contributed by atoms with Gasteiger partial charge in [-0.05, 0) is 38.0 Å². The van der Waals surface area contributed by atoms with E-state index in [1.54, 1.807) is 11.8 Å². The molecule has 0 radical (unpaired) electrons. The predicted molar refractivity (Wildman–Crippen MR) is 76.2 cm³/mol. The van der Waals surface area contributed by atoms with Gasteiger partial charge in [-0.2, -0.15) is 11.8 Å². The molecule has 1 aliphatic rings. The minimum Gasteiger partial charge on any atom is -0.468 e. The van der Waals surface area contributed by atoms with E-state index in [1.807, 2.05) is 7.05 Å². The van der Waals surface area contributed by atoms with E-state index in [1.165, 1.54) is 7.11 Å². The van der Waals surface area contributed by atoms with Crippen molar-refractivity contribution in [2.45, 2.75) is 37.3 Å². The number of carbonyl (C=O) groups is 1. The van der Waals surface area contributed by atoms with Crippen LogP contribution in [0.15, 0.2) is 0 Å². The summed E-state index contributed by atoms with van der Waals surface area (Å²) in [5.41, 5.74) is -0.537. The zero-order chi connectivity index (χ0) is 14.3. The average molecular weight is 291 g/mol. The number of carbonyl (C=O) groups excluding carboxylic acids is 1. The maximum Gasteiger partial charge on any atom is 0.326 e. The highest BCUT2D eigenvalue weighted by Gasteiger charge is 2.48. The summed E-state index contributed by atoms with van der Waals surface area (Å²) in [5.74, 6) is 1.53. The molecule has 19 heavy (non-hydrogen) atoms. The molecule has 5 nitrogen and oxygen atoms in total. The summed E-state index contributed by atoms with van der Waals surface area (Å²) < 4.78 is 4.94. The maximum absolute atomic E-state index is 12.0. The molecule has 0 aliphatic heterocycles. The Bertz CT molecular complexity index is 290. The quantitative estimate of drug-likeness (QED) is 0.444. The van der Waals surface area contributed by atoms with Crippen LogP contribution in [0.4, 0.5) is 0 Å². The lowest BCUT2D eigenvalue weighted by atomic mass is 9.85. The average Bonchev–Trinajstić information content (AvgIpc) is 2.86. The minimum absolute atomic E-state index is 0.169. The second kappa shape index (κ2) is 8.09. The van der Waals surface area contributed by atoms with Crippen LogP contribution in [-0.2, 0) is 9.53 Å². The summed E-state index contributed by atoms with van der Waals surface area (Å²) in [5, 5.41) is 21.2. The van der Waals surface area contributed by atoms with Crippen LogP contribution in [0.5, 0.6) is 0 Å². The third-order valence-corrected chi connectivity index (χ3v) is 5.09. The number of methoxy groups -OCH3 is 1. The second-order valence-corrected chi connectivity index (χ2v) is 6.15. The van der Waals surface area contributed by atoms with Gasteiger partial charge in [-0.25, -0.2) is 0 Å². The third-order valence-electron chi connectivity index (χ3n) is 3.95. The fraction of sp³-hybridized carbons (Fsp3) is 0.923. The Balaban J connectivity index is 2.45. The van der Waals surface area contributed by atoms with E-state index in [0.717, 1.165) is 31.4 Å². The van der Waals surface area contributed by atoms with E-state index in [-0.39, 0.29) is 18.5 Å². The zero-order valence-electron chi connectivity index (χ0n) is 11.7. The Hall–Kier alpha value is -0.300. The van der Waals surface area contributed by atoms with Gasteiger partial charge in [-0.1, -0.05) is 6.42 Å². The van der Waals surface area contributed by atoms with Crippen molar-refractivity contribution in [3.63, 3.8) is 0 Å². The topological polar surface area (TPSA) is 78.8 Å². The SMILES string of the molecule is CNC1(C(=O)OC)CCCC1CCSCC(O)CO. The summed E-state index contributed by atoms with van der Waals surface area (Å²) in [4.78, 5) is 12.0. The van der Waals surface area contributed by atoms with Gasteiger partial charge in [0.2, 0.25) is 0 Å². The minimum atomic E-state index is -0.650. The summed E-state index contributed by atoms with van der Waals surface area (Å²) >= 11 is 1.61. The first-order chi connectivity index (χ1) is 9.10. The highest BCUT2D eigenvalue weighted by molar-refractivity contribution is 7.99. The van der Waals surface area contributed by atoms with Crippen molar-refractivity contribution in [2.75, 3.05) is 32.3 Å². The Labute approximate surface area is 119 Å². The van der Waals surface area contributed by atoms with Gasteiger partial charge in [0, 0.05) is 5.75 Å². The lowest BCUT2D eigenvalue weighted by Gasteiger charge is -2.32. The van der Waals surface area contributed by atoms with Crippen molar-refractivity contribution < 1.29 is 19.7 Å². The zero-order valence-corrected chi connectivity index (χ0v) is 12.5. The number of nitrogens with one attached hydrogen (secondary N) is 1. The molecular formula is C13H25NO4S. The van der Waals surface area contributed by atoms with Crippen molar-refractivity contribution in [2.24, 2.45) is 5.92 Å². The molecule has 0 heterocycles. The molecule has 1 fully saturated rings. The Morgan fingerprint density at radius 3 is 2.95 bits per heavy atom. The molecule has 0 amide bonds. The molecule has 0 saturated heterocycles. The van der Waals surface area contributed by atoms with Gasteiger partial charge in [0.25, 0.3) is 0 Å². The summed E-state index contributed by atoms with van der Waals surface area (Å²) in [6.45, 7) is -0.195. The number of rotatable bonds is 8. The number of hydrogen-bond donors (Lipinski definition) is 3. The molecule has 1 aliphatic carbocycles. The van der Waals surface area contributed by atoms with Crippen LogP contribution in [0.25, 0.3) is 0 Å². The number of aliphatic hydroxyl groups excluding tert-OH is 2. The molecule has 1 rings (SSSR count). The van der Waals surface area contributed by atoms with Gasteiger partial charge in [0.05, 0.1) is 19.8 Å². The molecular weight excluding hydrogens is 266 g/mol. The summed E-state index contributed by atoms with van der Waals surface area (Å²) in [6.07, 6.45) is 3.15. The monoisotopic (exact) mass is 291 g/mol. The maximum atomic E-state index is 12.0. The van der Waals surface area contributed by atoms with Gasteiger partial charge in [0.15, 0.2) is 0 Å². The number of hydrogen-bond acceptors (Lipinski definition) is 6. The summed E-state index contributed by atoms with van der Waals surface area (Å²) in [7, 11) is 3.25. The molecule has 0 spiro atoms. The first-order valence-corrected chi connectivity index (χ1v) is 7.90. The first-order valence-electron chi connectivity index (χ1n) is 6.74. The van der Waals surface area contributed by atoms with E-state index < -0.39 is 11.6 Å². The van der Waals surface area contributed by atoms with E-state index in [9.17, 15) is 9.90 Å². The van der Waals surface area contributed by atoms with Crippen LogP contribution in [0.2, 0.25) is 0 Å². The molecule has 0 aromatic carbocycles. The Morgan fingerprint density at radius 1 is 1.63 bits per heavy atom. The Morgan fingerprint density at radius 2 is 2.37 bits per heavy atom. The number of esters is 1. The standard InChI is InChI=1S/C13H25NO4S/c1-14-13(12(17)18-2)6-3-4-10(13)5-7-19-9-11(16)8-15/h10-11,14-16H,3-9H2,1-2H3. The van der Waals surface area contributed by atoms with Crippen LogP contribution in [0.1, 0.15) is 25.7 Å². The van der Waals surface area contributed by atoms with Gasteiger partial charge in [-0.3, -0.25) is 4.79 Å². The van der Waals surface area contributed by atoms with E-state index >= 15 is 0 Å². The van der Waals surface area contributed by atoms with E-state index in [0.29, 0.717) is 5.75 Å². The fourth-order valence-electron chi connectivity index (χ4n) is 2.85. The van der Waals surface area contributed by atoms with Crippen molar-refractivity contribution in [1.29, 1.82) is 0 Å². The highest BCUT2D eigenvalue weighted by atomic mass is 32.2. The van der Waals surface area contributed by atoms with Crippen molar-refractivity contribution >= 4 is 17.7 Å². The van der Waals surface area contributed by atoms with E-state index in [4.69, 9.17) is 9.84 Å². The number of likely N-dealkylation sites (N-methyl/N-ethyl adjacent to an activating group) is 1. The van der Waals surface area contributed by atoms with Gasteiger partial charge in [-0.15, -0.1) is 0 Å². The lowest BCUT2D eigenvalue weighted by Crippen LogP contribution is -2.53. The van der Waals surface area contributed by atoms with Gasteiger partial charge < -0.3 is 20.3 Å². The van der Waals surface area contributed by atoms with Crippen LogP contribution < -0.4 is 5.32 Å². The number of aliphatic hydroxyl groups is 2. The number of ether oxygens (including phenoxy) is 1. The third kappa shape index (κ3) is 4.08. The van der Waals surface area contributed by atoms with Crippen molar-refractivity contribution in [3.8, 4) is 0 Å². The molecule has 3 N–H and O–H groups in total. The van der Waals surface area contributed by atoms with E-state index in [2.05, 4.69) is 5.32 Å². The molecule has 112 valence electrons. The van der Waals surface area contributed by atoms with Crippen LogP contribution in [0, 0.1) is 5.92 Å². The highest BCUT2D eigenvalue weighted by Crippen LogP contribution is 2.39. The summed E-state index contributed by atoms with van der Waals surface area (Å²) in [6, 6.07) is 0. The van der Waals surface area contributed by atoms with Crippen molar-refractivity contribution in [3.05, 3.63) is 0 Å². The predicted octanol–water partition coefficient (Wildman–Crippen LogP) is 0.394.